The molecule has 0 saturated heterocycles. The maximum absolute atomic E-state index is 5.38. The van der Waals surface area contributed by atoms with Crippen molar-refractivity contribution in [2.45, 2.75) is 12.7 Å². The van der Waals surface area contributed by atoms with E-state index in [2.05, 4.69) is 19.1 Å². The van der Waals surface area contributed by atoms with Gasteiger partial charge < -0.3 is 5.73 Å². The zero-order valence-electron chi connectivity index (χ0n) is 6.91. The second kappa shape index (κ2) is 4.48. The van der Waals surface area contributed by atoms with E-state index >= 15 is 0 Å². The van der Waals surface area contributed by atoms with Crippen LogP contribution in [0.3, 0.4) is 0 Å². The molecule has 1 rings (SSSR count). The summed E-state index contributed by atoms with van der Waals surface area (Å²) in [5.41, 5.74) is 7.98. The summed E-state index contributed by atoms with van der Waals surface area (Å²) in [6, 6.07) is 8.25. The first-order chi connectivity index (χ1) is 5.70. The van der Waals surface area contributed by atoms with Gasteiger partial charge in [0.2, 0.25) is 0 Å². The minimum Gasteiger partial charge on any atom is -0.385 e. The van der Waals surface area contributed by atoms with Crippen molar-refractivity contribution in [2.75, 3.05) is 0 Å². The Morgan fingerprint density at radius 2 is 2.17 bits per heavy atom. The van der Waals surface area contributed by atoms with Gasteiger partial charge in [0.1, 0.15) is 4.32 Å². The van der Waals surface area contributed by atoms with E-state index < -0.39 is 0 Å². The normalized spacial score (nSPS) is 9.75. The highest BCUT2D eigenvalue weighted by atomic mass is 32.2. The summed E-state index contributed by atoms with van der Waals surface area (Å²) in [7, 11) is 0. The smallest absolute Gasteiger partial charge is 0.131 e. The highest BCUT2D eigenvalue weighted by Gasteiger charge is 1.97. The van der Waals surface area contributed by atoms with Crippen molar-refractivity contribution < 1.29 is 0 Å². The lowest BCUT2D eigenvalue weighted by Crippen LogP contribution is -2.02. The minimum absolute atomic E-state index is 0.512. The van der Waals surface area contributed by atoms with Gasteiger partial charge in [-0.2, -0.15) is 0 Å². The molecule has 0 amide bonds. The van der Waals surface area contributed by atoms with Crippen LogP contribution in [0.4, 0.5) is 0 Å². The number of nitrogens with two attached hydrogens (primary N) is 1. The molecule has 0 heterocycles. The number of rotatable bonds is 2. The van der Waals surface area contributed by atoms with Crippen molar-refractivity contribution in [2.24, 2.45) is 5.73 Å². The van der Waals surface area contributed by atoms with Crippen molar-refractivity contribution in [3.8, 4) is 0 Å². The summed E-state index contributed by atoms with van der Waals surface area (Å²) < 4.78 is 0.512. The Labute approximate surface area is 82.3 Å². The van der Waals surface area contributed by atoms with Crippen molar-refractivity contribution in [3.05, 3.63) is 35.4 Å². The zero-order valence-corrected chi connectivity index (χ0v) is 8.54. The molecule has 0 fully saturated rings. The molecule has 0 bridgehead atoms. The second-order valence-corrected chi connectivity index (χ2v) is 4.25. The van der Waals surface area contributed by atoms with Gasteiger partial charge >= 0.3 is 0 Å². The summed E-state index contributed by atoms with van der Waals surface area (Å²) in [6.45, 7) is 2.09. The lowest BCUT2D eigenvalue weighted by atomic mass is 10.1. The van der Waals surface area contributed by atoms with Crippen molar-refractivity contribution in [1.82, 2.24) is 0 Å². The molecular formula is C9H11NS2. The van der Waals surface area contributed by atoms with Gasteiger partial charge in [0.15, 0.2) is 0 Å². The third-order valence-corrected chi connectivity index (χ3v) is 2.72. The number of thiocarbonyl (C=S) groups is 1. The molecule has 0 unspecified atom stereocenters. The van der Waals surface area contributed by atoms with E-state index in [9.17, 15) is 0 Å². The fourth-order valence-electron chi connectivity index (χ4n) is 0.921. The Kier molecular flexibility index (Phi) is 3.56. The third kappa shape index (κ3) is 2.83. The quantitative estimate of drug-likeness (QED) is 0.738. The Morgan fingerprint density at radius 1 is 1.50 bits per heavy atom. The molecule has 12 heavy (non-hydrogen) atoms. The highest BCUT2D eigenvalue weighted by Crippen LogP contribution is 2.15. The van der Waals surface area contributed by atoms with Gasteiger partial charge in [-0.25, -0.2) is 0 Å². The van der Waals surface area contributed by atoms with Crippen LogP contribution in [0.25, 0.3) is 0 Å². The second-order valence-electron chi connectivity index (χ2n) is 2.53. The molecule has 0 atom stereocenters. The third-order valence-electron chi connectivity index (χ3n) is 1.63. The van der Waals surface area contributed by atoms with Gasteiger partial charge in [-0.3, -0.25) is 0 Å². The van der Waals surface area contributed by atoms with E-state index in [1.807, 2.05) is 12.1 Å². The summed E-state index contributed by atoms with van der Waals surface area (Å²) in [5, 5.41) is 0. The van der Waals surface area contributed by atoms with E-state index in [1.54, 1.807) is 0 Å². The van der Waals surface area contributed by atoms with Crippen LogP contribution >= 0.6 is 24.0 Å². The van der Waals surface area contributed by atoms with Gasteiger partial charge in [0.25, 0.3) is 0 Å². The van der Waals surface area contributed by atoms with Gasteiger partial charge in [-0.05, 0) is 18.1 Å². The molecule has 0 aliphatic heterocycles. The van der Waals surface area contributed by atoms with Gasteiger partial charge in [-0.15, -0.1) is 0 Å². The monoisotopic (exact) mass is 197 g/mol. The predicted octanol–water partition coefficient (Wildman–Crippen LogP) is 2.47. The number of aryl methyl sites for hydroxylation is 1. The first-order valence-corrected chi connectivity index (χ1v) is 5.06. The molecule has 0 saturated carbocycles. The Balaban J connectivity index is 2.63. The number of benzene rings is 1. The average molecular weight is 197 g/mol. The standard InChI is InChI=1S/C9H11NS2/c1-7-4-2-3-5-8(7)6-12-9(10)11/h2-5H,6H2,1H3,(H2,10,11). The van der Waals surface area contributed by atoms with Crippen LogP contribution < -0.4 is 5.73 Å². The van der Waals surface area contributed by atoms with Crippen molar-refractivity contribution in [1.29, 1.82) is 0 Å². The first-order valence-electron chi connectivity index (χ1n) is 3.67. The molecular weight excluding hydrogens is 186 g/mol. The average Bonchev–Trinajstić information content (AvgIpc) is 2.03. The molecule has 0 spiro atoms. The van der Waals surface area contributed by atoms with E-state index in [0.29, 0.717) is 4.32 Å². The molecule has 0 aromatic heterocycles. The lowest BCUT2D eigenvalue weighted by molar-refractivity contribution is 1.31. The predicted molar refractivity (Wildman–Crippen MR) is 59.3 cm³/mol. The molecule has 0 aliphatic rings. The van der Waals surface area contributed by atoms with Gasteiger partial charge in [-0.1, -0.05) is 48.2 Å². The van der Waals surface area contributed by atoms with Crippen LogP contribution in [0.2, 0.25) is 0 Å². The van der Waals surface area contributed by atoms with Crippen molar-refractivity contribution >= 4 is 28.3 Å². The molecule has 2 N–H and O–H groups in total. The maximum atomic E-state index is 5.38. The van der Waals surface area contributed by atoms with Crippen LogP contribution in [-0.2, 0) is 5.75 Å². The molecule has 1 aromatic carbocycles. The van der Waals surface area contributed by atoms with Gasteiger partial charge in [0, 0.05) is 5.75 Å². The molecule has 3 heteroatoms. The lowest BCUT2D eigenvalue weighted by Gasteiger charge is -2.02. The maximum Gasteiger partial charge on any atom is 0.131 e. The van der Waals surface area contributed by atoms with Crippen LogP contribution in [0.15, 0.2) is 24.3 Å². The molecule has 64 valence electrons. The molecule has 0 aliphatic carbocycles. The summed E-state index contributed by atoms with van der Waals surface area (Å²) in [6.07, 6.45) is 0. The van der Waals surface area contributed by atoms with Crippen molar-refractivity contribution in [3.63, 3.8) is 0 Å². The van der Waals surface area contributed by atoms with E-state index in [4.69, 9.17) is 18.0 Å². The molecule has 1 nitrogen and oxygen atoms in total. The number of thioether (sulfide) groups is 1. The minimum atomic E-state index is 0.512. The molecule has 1 aromatic rings. The SMILES string of the molecule is Cc1ccccc1CSC(N)=S. The molecule has 0 radical (unpaired) electrons. The van der Waals surface area contributed by atoms with E-state index in [0.717, 1.165) is 5.75 Å². The zero-order chi connectivity index (χ0) is 8.97. The first kappa shape index (κ1) is 9.55. The highest BCUT2D eigenvalue weighted by molar-refractivity contribution is 8.22. The van der Waals surface area contributed by atoms with E-state index in [1.165, 1.54) is 22.9 Å². The summed E-state index contributed by atoms with van der Waals surface area (Å²) >= 11 is 6.29. The number of hydrogen-bond donors (Lipinski definition) is 1. The summed E-state index contributed by atoms with van der Waals surface area (Å²) in [4.78, 5) is 0. The Hall–Kier alpha value is -0.540. The summed E-state index contributed by atoms with van der Waals surface area (Å²) in [5.74, 6) is 0.877. The van der Waals surface area contributed by atoms with E-state index in [-0.39, 0.29) is 0 Å². The fraction of sp³-hybridized carbons (Fsp3) is 0.222. The Bertz CT molecular complexity index is 284. The van der Waals surface area contributed by atoms with Crippen LogP contribution in [0, 0.1) is 6.92 Å². The fourth-order valence-corrected chi connectivity index (χ4v) is 1.72. The van der Waals surface area contributed by atoms with Crippen LogP contribution in [-0.4, -0.2) is 4.32 Å². The van der Waals surface area contributed by atoms with Crippen LogP contribution in [0.5, 0.6) is 0 Å². The Morgan fingerprint density at radius 3 is 2.75 bits per heavy atom. The largest absolute Gasteiger partial charge is 0.385 e. The van der Waals surface area contributed by atoms with Crippen LogP contribution in [0.1, 0.15) is 11.1 Å². The number of hydrogen-bond acceptors (Lipinski definition) is 2. The topological polar surface area (TPSA) is 26.0 Å². The van der Waals surface area contributed by atoms with Gasteiger partial charge in [0.05, 0.1) is 0 Å².